The number of ether oxygens (including phenoxy) is 1. The lowest BCUT2D eigenvalue weighted by atomic mass is 10.7. The molecule has 0 N–H and O–H groups in total. The molecule has 0 radical (unpaired) electrons. The smallest absolute Gasteiger partial charge is 0.0845 e. The van der Waals surface area contributed by atoms with Gasteiger partial charge in [0.2, 0.25) is 0 Å². The fourth-order valence-electron chi connectivity index (χ4n) is 0.391. The van der Waals surface area contributed by atoms with E-state index in [1.807, 2.05) is 13.2 Å². The molecule has 1 rings (SSSR count). The van der Waals surface area contributed by atoms with Crippen LogP contribution in [0.15, 0.2) is 11.8 Å². The van der Waals surface area contributed by atoms with Crippen LogP contribution < -0.4 is 0 Å². The van der Waals surface area contributed by atoms with Crippen molar-refractivity contribution in [3.8, 4) is 0 Å². The van der Waals surface area contributed by atoms with E-state index in [1.165, 1.54) is 18.4 Å². The molecular weight excluding hydrogens is 88.1 g/mol. The van der Waals surface area contributed by atoms with E-state index >= 15 is 0 Å². The molecule has 1 saturated carbocycles. The maximum Gasteiger partial charge on any atom is 0.0845 e. The van der Waals surface area contributed by atoms with Crippen molar-refractivity contribution < 1.29 is 4.74 Å². The molecule has 0 spiro atoms. The summed E-state index contributed by atoms with van der Waals surface area (Å²) in [5.74, 6) is 0. The van der Waals surface area contributed by atoms with Crippen LogP contribution in [0.3, 0.4) is 0 Å². The number of allylic oxidation sites excluding steroid dienone is 1. The Labute approximate surface area is 44.0 Å². The van der Waals surface area contributed by atoms with Gasteiger partial charge in [-0.15, -0.1) is 0 Å². The monoisotopic (exact) mass is 98.1 g/mol. The molecule has 0 aromatic heterocycles. The van der Waals surface area contributed by atoms with Crippen LogP contribution in [-0.2, 0) is 4.74 Å². The highest BCUT2D eigenvalue weighted by Gasteiger charge is 2.09. The Kier molecular flexibility index (Phi) is 1.35. The Bertz CT molecular complexity index is 78.2. The molecule has 1 heteroatoms. The van der Waals surface area contributed by atoms with E-state index in [0.717, 1.165) is 6.61 Å². The topological polar surface area (TPSA) is 9.23 Å². The fraction of sp³-hybridized carbons (Fsp3) is 0.667. The highest BCUT2D eigenvalue weighted by Crippen LogP contribution is 2.26. The second kappa shape index (κ2) is 2.01. The van der Waals surface area contributed by atoms with E-state index in [4.69, 9.17) is 4.74 Å². The van der Waals surface area contributed by atoms with Gasteiger partial charge in [-0.25, -0.2) is 0 Å². The predicted octanol–water partition coefficient (Wildman–Crippen LogP) is 1.70. The van der Waals surface area contributed by atoms with Crippen LogP contribution in [-0.4, -0.2) is 6.61 Å². The maximum atomic E-state index is 5.00. The van der Waals surface area contributed by atoms with Gasteiger partial charge in [0.25, 0.3) is 0 Å². The Morgan fingerprint density at radius 2 is 2.43 bits per heavy atom. The molecule has 1 aliphatic carbocycles. The summed E-state index contributed by atoms with van der Waals surface area (Å²) in [6, 6.07) is 0. The van der Waals surface area contributed by atoms with Crippen LogP contribution in [0, 0.1) is 0 Å². The van der Waals surface area contributed by atoms with Crippen LogP contribution in [0.2, 0.25) is 0 Å². The first kappa shape index (κ1) is 4.69. The van der Waals surface area contributed by atoms with E-state index in [1.54, 1.807) is 0 Å². The summed E-state index contributed by atoms with van der Waals surface area (Å²) in [5, 5.41) is 0. The number of rotatable bonds is 2. The van der Waals surface area contributed by atoms with Crippen molar-refractivity contribution in [2.24, 2.45) is 0 Å². The summed E-state index contributed by atoms with van der Waals surface area (Å²) < 4.78 is 5.00. The molecule has 0 unspecified atom stereocenters. The lowest BCUT2D eigenvalue weighted by molar-refractivity contribution is 0.268. The average Bonchev–Trinajstić information content (AvgIpc) is 2.42. The first-order valence-electron chi connectivity index (χ1n) is 2.73. The zero-order chi connectivity index (χ0) is 5.11. The van der Waals surface area contributed by atoms with E-state index in [-0.39, 0.29) is 0 Å². The van der Waals surface area contributed by atoms with Gasteiger partial charge in [0.15, 0.2) is 0 Å². The largest absolute Gasteiger partial charge is 0.502 e. The zero-order valence-corrected chi connectivity index (χ0v) is 4.61. The van der Waals surface area contributed by atoms with Crippen molar-refractivity contribution in [3.63, 3.8) is 0 Å². The van der Waals surface area contributed by atoms with Gasteiger partial charge in [-0.05, 0) is 25.3 Å². The molecule has 40 valence electrons. The Hall–Kier alpha value is -0.460. The first-order chi connectivity index (χ1) is 3.43. The lowest BCUT2D eigenvalue weighted by Gasteiger charge is -1.87. The van der Waals surface area contributed by atoms with Crippen molar-refractivity contribution in [1.29, 1.82) is 0 Å². The molecule has 0 aliphatic heterocycles. The summed E-state index contributed by atoms with van der Waals surface area (Å²) in [7, 11) is 0. The number of hydrogen-bond donors (Lipinski definition) is 0. The van der Waals surface area contributed by atoms with Crippen LogP contribution in [0.4, 0.5) is 0 Å². The van der Waals surface area contributed by atoms with Crippen molar-refractivity contribution in [1.82, 2.24) is 0 Å². The zero-order valence-electron chi connectivity index (χ0n) is 4.61. The molecule has 1 fully saturated rings. The van der Waals surface area contributed by atoms with Gasteiger partial charge in [0.05, 0.1) is 12.9 Å². The van der Waals surface area contributed by atoms with Crippen LogP contribution >= 0.6 is 0 Å². The van der Waals surface area contributed by atoms with E-state index in [0.29, 0.717) is 0 Å². The maximum absolute atomic E-state index is 5.00. The van der Waals surface area contributed by atoms with E-state index in [9.17, 15) is 0 Å². The second-order valence-electron chi connectivity index (χ2n) is 1.73. The molecule has 1 aliphatic rings. The summed E-state index contributed by atoms with van der Waals surface area (Å²) in [6.07, 6.45) is 4.40. The third-order valence-electron chi connectivity index (χ3n) is 0.955. The van der Waals surface area contributed by atoms with Gasteiger partial charge in [-0.3, -0.25) is 0 Å². The Morgan fingerprint density at radius 1 is 1.71 bits per heavy atom. The molecular formula is C6H10O. The Balaban J connectivity index is 2.07. The van der Waals surface area contributed by atoms with Crippen molar-refractivity contribution in [2.75, 3.05) is 6.61 Å². The highest BCUT2D eigenvalue weighted by molar-refractivity contribution is 5.12. The number of hydrogen-bond acceptors (Lipinski definition) is 1. The lowest BCUT2D eigenvalue weighted by Crippen LogP contribution is -1.74. The first-order valence-corrected chi connectivity index (χ1v) is 2.73. The molecule has 0 aromatic rings. The Morgan fingerprint density at radius 3 is 2.86 bits per heavy atom. The summed E-state index contributed by atoms with van der Waals surface area (Å²) in [5.41, 5.74) is 1.46. The van der Waals surface area contributed by atoms with E-state index in [2.05, 4.69) is 0 Å². The summed E-state index contributed by atoms with van der Waals surface area (Å²) in [6.45, 7) is 2.81. The average molecular weight is 98.1 g/mol. The van der Waals surface area contributed by atoms with Crippen molar-refractivity contribution >= 4 is 0 Å². The standard InChI is InChI=1S/C6H10O/c1-2-7-5-6-3-4-6/h5H,2-4H2,1H3. The van der Waals surface area contributed by atoms with Gasteiger partial charge in [0, 0.05) is 0 Å². The minimum Gasteiger partial charge on any atom is -0.502 e. The van der Waals surface area contributed by atoms with Gasteiger partial charge in [-0.1, -0.05) is 0 Å². The van der Waals surface area contributed by atoms with Crippen LogP contribution in [0.1, 0.15) is 19.8 Å². The fourth-order valence-corrected chi connectivity index (χ4v) is 0.391. The predicted molar refractivity (Wildman–Crippen MR) is 28.9 cm³/mol. The van der Waals surface area contributed by atoms with Gasteiger partial charge >= 0.3 is 0 Å². The molecule has 0 atom stereocenters. The van der Waals surface area contributed by atoms with Crippen molar-refractivity contribution in [3.05, 3.63) is 11.8 Å². The molecule has 1 nitrogen and oxygen atoms in total. The quantitative estimate of drug-likeness (QED) is 0.478. The minimum absolute atomic E-state index is 0.809. The highest BCUT2D eigenvalue weighted by atomic mass is 16.5. The third kappa shape index (κ3) is 1.62. The summed E-state index contributed by atoms with van der Waals surface area (Å²) in [4.78, 5) is 0. The minimum atomic E-state index is 0.809. The molecule has 0 amide bonds. The summed E-state index contributed by atoms with van der Waals surface area (Å²) >= 11 is 0. The molecule has 0 saturated heterocycles. The van der Waals surface area contributed by atoms with Gasteiger partial charge in [-0.2, -0.15) is 0 Å². The van der Waals surface area contributed by atoms with Crippen LogP contribution in [0.5, 0.6) is 0 Å². The third-order valence-corrected chi connectivity index (χ3v) is 0.955. The van der Waals surface area contributed by atoms with Gasteiger partial charge < -0.3 is 4.74 Å². The van der Waals surface area contributed by atoms with E-state index < -0.39 is 0 Å². The van der Waals surface area contributed by atoms with Crippen molar-refractivity contribution in [2.45, 2.75) is 19.8 Å². The SMILES string of the molecule is CCOC=C1CC1. The second-order valence-corrected chi connectivity index (χ2v) is 1.73. The van der Waals surface area contributed by atoms with Gasteiger partial charge in [0.1, 0.15) is 0 Å². The molecule has 7 heavy (non-hydrogen) atoms. The molecule has 0 aromatic carbocycles. The normalized spacial score (nSPS) is 16.4. The molecule has 0 heterocycles. The van der Waals surface area contributed by atoms with Crippen LogP contribution in [0.25, 0.3) is 0 Å². The molecule has 0 bridgehead atoms.